The van der Waals surface area contributed by atoms with Crippen molar-refractivity contribution in [3.63, 3.8) is 0 Å². The van der Waals surface area contributed by atoms with Gasteiger partial charge in [-0.2, -0.15) is 0 Å². The Bertz CT molecular complexity index is 535. The molecule has 5 heteroatoms. The van der Waals surface area contributed by atoms with Crippen LogP contribution in [0.15, 0.2) is 48.6 Å². The first kappa shape index (κ1) is 23.3. The molecular formula is C22H34O5. The molecule has 5 atom stereocenters. The number of hydrogen-bond donors (Lipinski definition) is 4. The van der Waals surface area contributed by atoms with Crippen LogP contribution in [0.5, 0.6) is 0 Å². The van der Waals surface area contributed by atoms with Crippen LogP contribution < -0.4 is 0 Å². The van der Waals surface area contributed by atoms with Crippen LogP contribution in [-0.2, 0) is 4.79 Å². The van der Waals surface area contributed by atoms with Crippen LogP contribution in [-0.4, -0.2) is 44.7 Å². The zero-order valence-electron chi connectivity index (χ0n) is 16.2. The van der Waals surface area contributed by atoms with Gasteiger partial charge in [-0.3, -0.25) is 4.79 Å². The highest BCUT2D eigenvalue weighted by Crippen LogP contribution is 2.36. The van der Waals surface area contributed by atoms with Crippen LogP contribution >= 0.6 is 0 Å². The second-order valence-electron chi connectivity index (χ2n) is 7.03. The van der Waals surface area contributed by atoms with Gasteiger partial charge in [0.15, 0.2) is 0 Å². The molecule has 1 saturated carbocycles. The van der Waals surface area contributed by atoms with Gasteiger partial charge in [0.1, 0.15) is 0 Å². The molecule has 1 rings (SSSR count). The monoisotopic (exact) mass is 378 g/mol. The number of aliphatic hydroxyl groups excluding tert-OH is 3. The summed E-state index contributed by atoms with van der Waals surface area (Å²) in [5.74, 6) is -1.17. The summed E-state index contributed by atoms with van der Waals surface area (Å²) in [6, 6.07) is 0. The molecule has 0 aromatic rings. The first-order valence-corrected chi connectivity index (χ1v) is 9.85. The maximum absolute atomic E-state index is 10.5. The summed E-state index contributed by atoms with van der Waals surface area (Å²) in [5.41, 5.74) is 0. The van der Waals surface area contributed by atoms with E-state index in [9.17, 15) is 20.1 Å². The smallest absolute Gasteiger partial charge is 0.303 e. The standard InChI is InChI=1S/C22H34O5/c1-2-3-4-5-6-8-11-17(23)14-15-19-18(20(24)16-21(19)25)12-9-7-10-13-22(26)27/h3-4,6-9,14-15,17-21,23-25H,2,5,10-13,16H2,1H3,(H,26,27)/b4-3-,8-6-,9-7-,15-14+/t17-,18-,19+,20-,21+/m1/s1. The highest BCUT2D eigenvalue weighted by atomic mass is 16.4. The Morgan fingerprint density at radius 2 is 1.81 bits per heavy atom. The Labute approximate surface area is 162 Å². The third-order valence-corrected chi connectivity index (χ3v) is 4.79. The Balaban J connectivity index is 2.49. The molecule has 0 unspecified atom stereocenters. The minimum atomic E-state index is -0.832. The van der Waals surface area contributed by atoms with Gasteiger partial charge in [-0.25, -0.2) is 0 Å². The van der Waals surface area contributed by atoms with E-state index in [-0.39, 0.29) is 18.3 Å². The summed E-state index contributed by atoms with van der Waals surface area (Å²) in [6.45, 7) is 2.09. The van der Waals surface area contributed by atoms with Gasteiger partial charge < -0.3 is 20.4 Å². The van der Waals surface area contributed by atoms with Gasteiger partial charge in [0.05, 0.1) is 18.3 Å². The number of carbonyl (C=O) groups is 1. The van der Waals surface area contributed by atoms with Crippen molar-refractivity contribution in [3.05, 3.63) is 48.6 Å². The van der Waals surface area contributed by atoms with E-state index in [1.54, 1.807) is 12.2 Å². The normalized spacial score (nSPS) is 27.6. The summed E-state index contributed by atoms with van der Waals surface area (Å²) >= 11 is 0. The van der Waals surface area contributed by atoms with Crippen molar-refractivity contribution in [2.45, 2.75) is 70.2 Å². The molecule has 0 bridgehead atoms. The van der Waals surface area contributed by atoms with E-state index in [1.807, 2.05) is 24.3 Å². The number of rotatable bonds is 12. The van der Waals surface area contributed by atoms with E-state index in [0.29, 0.717) is 25.7 Å². The van der Waals surface area contributed by atoms with Crippen molar-refractivity contribution in [2.75, 3.05) is 0 Å². The Hall–Kier alpha value is -1.69. The summed E-state index contributed by atoms with van der Waals surface area (Å²) in [5, 5.41) is 39.1. The summed E-state index contributed by atoms with van der Waals surface area (Å²) in [6.07, 6.45) is 17.3. The summed E-state index contributed by atoms with van der Waals surface area (Å²) in [7, 11) is 0. The van der Waals surface area contributed by atoms with Gasteiger partial charge in [-0.15, -0.1) is 0 Å². The van der Waals surface area contributed by atoms with Crippen LogP contribution in [0.2, 0.25) is 0 Å². The van der Waals surface area contributed by atoms with Crippen LogP contribution in [0.1, 0.15) is 51.9 Å². The van der Waals surface area contributed by atoms with Crippen molar-refractivity contribution in [1.29, 1.82) is 0 Å². The lowest BCUT2D eigenvalue weighted by molar-refractivity contribution is -0.136. The molecule has 4 N–H and O–H groups in total. The molecule has 0 saturated heterocycles. The molecule has 152 valence electrons. The number of aliphatic hydroxyl groups is 3. The number of allylic oxidation sites excluding steroid dienone is 5. The van der Waals surface area contributed by atoms with Gasteiger partial charge in [0.2, 0.25) is 0 Å². The van der Waals surface area contributed by atoms with Gasteiger partial charge in [-0.05, 0) is 38.0 Å². The first-order chi connectivity index (χ1) is 13.0. The second kappa shape index (κ2) is 13.5. The lowest BCUT2D eigenvalue weighted by atomic mass is 9.89. The van der Waals surface area contributed by atoms with Crippen LogP contribution in [0.3, 0.4) is 0 Å². The maximum atomic E-state index is 10.5. The first-order valence-electron chi connectivity index (χ1n) is 9.85. The zero-order valence-corrected chi connectivity index (χ0v) is 16.2. The SMILES string of the molecule is CC/C=C\C/C=C\C[C@@H](O)/C=C/[C@H]1[C@@H](C/C=C\CCC(=O)O)[C@H](O)C[C@@H]1O. The van der Waals surface area contributed by atoms with Crippen molar-refractivity contribution in [2.24, 2.45) is 11.8 Å². The molecule has 0 aromatic carbocycles. The van der Waals surface area contributed by atoms with E-state index < -0.39 is 24.3 Å². The van der Waals surface area contributed by atoms with Crippen LogP contribution in [0.25, 0.3) is 0 Å². The van der Waals surface area contributed by atoms with E-state index in [0.717, 1.165) is 12.8 Å². The largest absolute Gasteiger partial charge is 0.481 e. The summed E-state index contributed by atoms with van der Waals surface area (Å²) < 4.78 is 0. The van der Waals surface area contributed by atoms with Crippen molar-refractivity contribution >= 4 is 5.97 Å². The molecular weight excluding hydrogens is 344 g/mol. The molecule has 1 fully saturated rings. The predicted molar refractivity (Wildman–Crippen MR) is 107 cm³/mol. The van der Waals surface area contributed by atoms with E-state index in [2.05, 4.69) is 19.1 Å². The molecule has 27 heavy (non-hydrogen) atoms. The fourth-order valence-corrected chi connectivity index (χ4v) is 3.29. The van der Waals surface area contributed by atoms with E-state index in [1.165, 1.54) is 0 Å². The van der Waals surface area contributed by atoms with Crippen molar-refractivity contribution in [1.82, 2.24) is 0 Å². The third-order valence-electron chi connectivity index (χ3n) is 4.79. The molecule has 1 aliphatic rings. The molecule has 0 spiro atoms. The minimum Gasteiger partial charge on any atom is -0.481 e. The molecule has 0 amide bonds. The number of carboxylic acid groups (broad SMARTS) is 1. The molecule has 0 aromatic heterocycles. The maximum Gasteiger partial charge on any atom is 0.303 e. The highest BCUT2D eigenvalue weighted by Gasteiger charge is 2.39. The van der Waals surface area contributed by atoms with Crippen LogP contribution in [0, 0.1) is 11.8 Å². The molecule has 0 heterocycles. The Morgan fingerprint density at radius 1 is 1.07 bits per heavy atom. The second-order valence-corrected chi connectivity index (χ2v) is 7.03. The molecule has 5 nitrogen and oxygen atoms in total. The summed E-state index contributed by atoms with van der Waals surface area (Å²) in [4.78, 5) is 10.5. The highest BCUT2D eigenvalue weighted by molar-refractivity contribution is 5.66. The van der Waals surface area contributed by atoms with Gasteiger partial charge >= 0.3 is 5.97 Å². The molecule has 1 aliphatic carbocycles. The predicted octanol–water partition coefficient (Wildman–Crippen LogP) is 3.38. The average Bonchev–Trinajstić information content (AvgIpc) is 2.88. The Kier molecular flexibility index (Phi) is 11.7. The van der Waals surface area contributed by atoms with Gasteiger partial charge in [-0.1, -0.05) is 55.5 Å². The zero-order chi connectivity index (χ0) is 20.1. The topological polar surface area (TPSA) is 98.0 Å². The van der Waals surface area contributed by atoms with Crippen molar-refractivity contribution < 1.29 is 25.2 Å². The molecule has 0 aliphatic heterocycles. The average molecular weight is 379 g/mol. The Morgan fingerprint density at radius 3 is 2.52 bits per heavy atom. The molecule has 0 radical (unpaired) electrons. The number of aliphatic carboxylic acids is 1. The van der Waals surface area contributed by atoms with Gasteiger partial charge in [0, 0.05) is 18.8 Å². The quantitative estimate of drug-likeness (QED) is 0.390. The fraction of sp³-hybridized carbons (Fsp3) is 0.591. The van der Waals surface area contributed by atoms with Crippen molar-refractivity contribution in [3.8, 4) is 0 Å². The number of carboxylic acids is 1. The lowest BCUT2D eigenvalue weighted by Gasteiger charge is -2.19. The minimum absolute atomic E-state index is 0.0869. The number of hydrogen-bond acceptors (Lipinski definition) is 4. The fourth-order valence-electron chi connectivity index (χ4n) is 3.29. The van der Waals surface area contributed by atoms with E-state index >= 15 is 0 Å². The van der Waals surface area contributed by atoms with Gasteiger partial charge in [0.25, 0.3) is 0 Å². The van der Waals surface area contributed by atoms with Crippen LogP contribution in [0.4, 0.5) is 0 Å². The lowest BCUT2D eigenvalue weighted by Crippen LogP contribution is -2.20. The third kappa shape index (κ3) is 9.70. The van der Waals surface area contributed by atoms with E-state index in [4.69, 9.17) is 5.11 Å².